The van der Waals surface area contributed by atoms with Crippen LogP contribution in [0.4, 0.5) is 0 Å². The average molecular weight is 276 g/mol. The van der Waals surface area contributed by atoms with Crippen molar-refractivity contribution in [2.45, 2.75) is 58.0 Å². The summed E-state index contributed by atoms with van der Waals surface area (Å²) in [6.07, 6.45) is 8.47. The summed E-state index contributed by atoms with van der Waals surface area (Å²) in [5, 5.41) is 7.30. The van der Waals surface area contributed by atoms with Crippen molar-refractivity contribution in [1.29, 1.82) is 0 Å². The van der Waals surface area contributed by atoms with Crippen molar-refractivity contribution in [2.24, 2.45) is 17.8 Å². The number of hydrogen-bond donors (Lipinski definition) is 1. The van der Waals surface area contributed by atoms with Crippen LogP contribution in [0.3, 0.4) is 0 Å². The fraction of sp³-hybridized carbons (Fsp3) is 0.800. The second kappa shape index (κ2) is 4.86. The van der Waals surface area contributed by atoms with Crippen LogP contribution >= 0.6 is 0 Å². The van der Waals surface area contributed by atoms with E-state index in [0.717, 1.165) is 11.8 Å². The molecule has 0 unspecified atom stereocenters. The molecule has 2 saturated carbocycles. The summed E-state index contributed by atoms with van der Waals surface area (Å²) >= 11 is 0. The van der Waals surface area contributed by atoms with Crippen LogP contribution in [0.25, 0.3) is 0 Å². The van der Waals surface area contributed by atoms with Gasteiger partial charge in [-0.2, -0.15) is 5.10 Å². The Morgan fingerprint density at radius 1 is 1.40 bits per heavy atom. The molecule has 0 spiro atoms. The van der Waals surface area contributed by atoms with E-state index >= 15 is 0 Å². The molecule has 2 aliphatic carbocycles. The number of nitrogens with one attached hydrogen (secondary N) is 1. The van der Waals surface area contributed by atoms with Gasteiger partial charge in [-0.3, -0.25) is 4.79 Å². The van der Waals surface area contributed by atoms with Crippen LogP contribution in [0.1, 0.15) is 46.5 Å². The number of amides is 1. The molecule has 1 aromatic rings. The SMILES string of the molecule is C[C@H](NC(=O)C(C)(C)n1cncn1)[C@H]1C[C@H]2CC[C@H]1C2. The number of fused-ring (bicyclic) bond motifs is 2. The Bertz CT molecular complexity index is 482. The molecule has 1 heterocycles. The third-order valence-corrected chi connectivity index (χ3v) is 5.34. The lowest BCUT2D eigenvalue weighted by Crippen LogP contribution is -2.50. The molecular formula is C15H24N4O. The Kier molecular flexibility index (Phi) is 3.30. The molecule has 1 aromatic heterocycles. The minimum Gasteiger partial charge on any atom is -0.351 e. The third-order valence-electron chi connectivity index (χ3n) is 5.34. The highest BCUT2D eigenvalue weighted by atomic mass is 16.2. The molecule has 0 radical (unpaired) electrons. The summed E-state index contributed by atoms with van der Waals surface area (Å²) in [6.45, 7) is 5.91. The van der Waals surface area contributed by atoms with Crippen molar-refractivity contribution in [2.75, 3.05) is 0 Å². The molecule has 3 rings (SSSR count). The van der Waals surface area contributed by atoms with Crippen LogP contribution in [0.2, 0.25) is 0 Å². The summed E-state index contributed by atoms with van der Waals surface area (Å²) in [5.74, 6) is 2.42. The molecule has 20 heavy (non-hydrogen) atoms. The van der Waals surface area contributed by atoms with Gasteiger partial charge >= 0.3 is 0 Å². The molecule has 0 aliphatic heterocycles. The maximum Gasteiger partial charge on any atom is 0.247 e. The number of carbonyl (C=O) groups excluding carboxylic acids is 1. The highest BCUT2D eigenvalue weighted by molar-refractivity contribution is 5.83. The molecule has 0 aromatic carbocycles. The lowest BCUT2D eigenvalue weighted by molar-refractivity contribution is -0.130. The zero-order valence-electron chi connectivity index (χ0n) is 12.5. The molecule has 5 nitrogen and oxygen atoms in total. The minimum absolute atomic E-state index is 0.0262. The minimum atomic E-state index is -0.692. The summed E-state index contributed by atoms with van der Waals surface area (Å²) in [6, 6.07) is 0.251. The highest BCUT2D eigenvalue weighted by Crippen LogP contribution is 2.49. The standard InChI is InChI=1S/C15H24N4O/c1-10(13-7-11-4-5-12(13)6-11)18-14(20)15(2,3)19-9-16-8-17-19/h8-13H,4-7H2,1-3H3,(H,18,20)/t10-,11-,12-,13+/m0/s1. The predicted molar refractivity (Wildman–Crippen MR) is 75.9 cm³/mol. The van der Waals surface area contributed by atoms with Crippen LogP contribution in [0, 0.1) is 17.8 Å². The molecule has 0 saturated heterocycles. The quantitative estimate of drug-likeness (QED) is 0.914. The first kappa shape index (κ1) is 13.6. The van der Waals surface area contributed by atoms with Crippen molar-refractivity contribution in [3.05, 3.63) is 12.7 Å². The van der Waals surface area contributed by atoms with Crippen molar-refractivity contribution in [1.82, 2.24) is 20.1 Å². The molecule has 4 atom stereocenters. The van der Waals surface area contributed by atoms with E-state index in [4.69, 9.17) is 0 Å². The van der Waals surface area contributed by atoms with E-state index in [2.05, 4.69) is 22.3 Å². The maximum absolute atomic E-state index is 12.5. The van der Waals surface area contributed by atoms with Gasteiger partial charge < -0.3 is 5.32 Å². The fourth-order valence-electron chi connectivity index (χ4n) is 4.00. The summed E-state index contributed by atoms with van der Waals surface area (Å²) in [7, 11) is 0. The lowest BCUT2D eigenvalue weighted by Gasteiger charge is -2.32. The van der Waals surface area contributed by atoms with Crippen molar-refractivity contribution in [3.8, 4) is 0 Å². The van der Waals surface area contributed by atoms with Gasteiger partial charge in [0.2, 0.25) is 5.91 Å². The molecular weight excluding hydrogens is 252 g/mol. The second-order valence-corrected chi connectivity index (χ2v) is 7.00. The summed E-state index contributed by atoms with van der Waals surface area (Å²) in [5.41, 5.74) is -0.692. The Labute approximate surface area is 120 Å². The van der Waals surface area contributed by atoms with E-state index in [1.165, 1.54) is 32.0 Å². The number of rotatable bonds is 4. The van der Waals surface area contributed by atoms with Crippen molar-refractivity contribution < 1.29 is 4.79 Å². The van der Waals surface area contributed by atoms with E-state index in [0.29, 0.717) is 5.92 Å². The number of hydrogen-bond acceptors (Lipinski definition) is 3. The zero-order chi connectivity index (χ0) is 14.3. The molecule has 2 aliphatic rings. The van der Waals surface area contributed by atoms with E-state index in [1.54, 1.807) is 11.0 Å². The smallest absolute Gasteiger partial charge is 0.247 e. The van der Waals surface area contributed by atoms with Crippen LogP contribution in [0.5, 0.6) is 0 Å². The van der Waals surface area contributed by atoms with Gasteiger partial charge in [-0.15, -0.1) is 0 Å². The first-order valence-electron chi connectivity index (χ1n) is 7.64. The van der Waals surface area contributed by atoms with Gasteiger partial charge in [0.05, 0.1) is 0 Å². The van der Waals surface area contributed by atoms with Crippen LogP contribution in [-0.4, -0.2) is 26.7 Å². The molecule has 1 N–H and O–H groups in total. The Hall–Kier alpha value is -1.39. The molecule has 1 amide bonds. The average Bonchev–Trinajstić information content (AvgIpc) is 3.15. The number of aromatic nitrogens is 3. The first-order chi connectivity index (χ1) is 9.48. The van der Waals surface area contributed by atoms with E-state index in [9.17, 15) is 4.79 Å². The second-order valence-electron chi connectivity index (χ2n) is 7.00. The van der Waals surface area contributed by atoms with Gasteiger partial charge in [0.15, 0.2) is 0 Å². The third kappa shape index (κ3) is 2.23. The fourth-order valence-corrected chi connectivity index (χ4v) is 4.00. The Balaban J connectivity index is 1.64. The Morgan fingerprint density at radius 3 is 2.75 bits per heavy atom. The van der Waals surface area contributed by atoms with Crippen LogP contribution in [0.15, 0.2) is 12.7 Å². The Morgan fingerprint density at radius 2 is 2.20 bits per heavy atom. The first-order valence-corrected chi connectivity index (χ1v) is 7.64. The number of carbonyl (C=O) groups is 1. The zero-order valence-corrected chi connectivity index (χ0v) is 12.5. The topological polar surface area (TPSA) is 59.8 Å². The highest BCUT2D eigenvalue weighted by Gasteiger charge is 2.43. The molecule has 2 fully saturated rings. The molecule has 5 heteroatoms. The summed E-state index contributed by atoms with van der Waals surface area (Å²) in [4.78, 5) is 16.5. The predicted octanol–water partition coefficient (Wildman–Crippen LogP) is 1.95. The van der Waals surface area contributed by atoms with Gasteiger partial charge in [-0.25, -0.2) is 9.67 Å². The van der Waals surface area contributed by atoms with Gasteiger partial charge in [-0.05, 0) is 57.8 Å². The van der Waals surface area contributed by atoms with E-state index < -0.39 is 5.54 Å². The molecule has 110 valence electrons. The van der Waals surface area contributed by atoms with E-state index in [-0.39, 0.29) is 11.9 Å². The maximum atomic E-state index is 12.5. The lowest BCUT2D eigenvalue weighted by atomic mass is 9.83. The van der Waals surface area contributed by atoms with E-state index in [1.807, 2.05) is 13.8 Å². The van der Waals surface area contributed by atoms with Crippen molar-refractivity contribution in [3.63, 3.8) is 0 Å². The van der Waals surface area contributed by atoms with Crippen LogP contribution in [-0.2, 0) is 10.3 Å². The largest absolute Gasteiger partial charge is 0.351 e. The molecule has 2 bridgehead atoms. The van der Waals surface area contributed by atoms with Crippen LogP contribution < -0.4 is 5.32 Å². The van der Waals surface area contributed by atoms with Gasteiger partial charge in [-0.1, -0.05) is 6.42 Å². The number of nitrogens with zero attached hydrogens (tertiary/aromatic N) is 3. The van der Waals surface area contributed by atoms with Gasteiger partial charge in [0.25, 0.3) is 0 Å². The normalized spacial score (nSPS) is 30.4. The monoisotopic (exact) mass is 276 g/mol. The van der Waals surface area contributed by atoms with Gasteiger partial charge in [0.1, 0.15) is 18.2 Å². The van der Waals surface area contributed by atoms with Crippen molar-refractivity contribution >= 4 is 5.91 Å². The summed E-state index contributed by atoms with van der Waals surface area (Å²) < 4.78 is 1.62. The van der Waals surface area contributed by atoms with Gasteiger partial charge in [0, 0.05) is 6.04 Å².